The van der Waals surface area contributed by atoms with Gasteiger partial charge in [0.05, 0.1) is 6.04 Å². The average Bonchev–Trinajstić information content (AvgIpc) is 2.65. The van der Waals surface area contributed by atoms with Gasteiger partial charge in [-0.1, -0.05) is 25.1 Å². The second-order valence-electron chi connectivity index (χ2n) is 7.27. The highest BCUT2D eigenvalue weighted by Gasteiger charge is 2.26. The molecule has 1 unspecified atom stereocenters. The first-order chi connectivity index (χ1) is 12.1. The molecule has 1 aliphatic carbocycles. The molecule has 0 aromatic heterocycles. The minimum Gasteiger partial charge on any atom is -0.341 e. The Morgan fingerprint density at radius 2 is 1.76 bits per heavy atom. The first-order valence-electron chi connectivity index (χ1n) is 9.48. The van der Waals surface area contributed by atoms with Crippen molar-refractivity contribution in [2.24, 2.45) is 0 Å². The van der Waals surface area contributed by atoms with Gasteiger partial charge in [0.15, 0.2) is 0 Å². The van der Waals surface area contributed by atoms with E-state index in [1.807, 2.05) is 14.0 Å². The van der Waals surface area contributed by atoms with Crippen molar-refractivity contribution >= 4 is 11.8 Å². The highest BCUT2D eigenvalue weighted by atomic mass is 16.2. The first-order valence-corrected chi connectivity index (χ1v) is 9.48. The van der Waals surface area contributed by atoms with Gasteiger partial charge in [0.2, 0.25) is 0 Å². The molecule has 2 amide bonds. The van der Waals surface area contributed by atoms with Crippen LogP contribution in [0.1, 0.15) is 48.9 Å². The van der Waals surface area contributed by atoms with E-state index in [-0.39, 0.29) is 6.04 Å². The Kier molecular flexibility index (Phi) is 5.74. The van der Waals surface area contributed by atoms with E-state index in [2.05, 4.69) is 28.4 Å². The maximum atomic E-state index is 12.4. The van der Waals surface area contributed by atoms with Gasteiger partial charge in [0.25, 0.3) is 0 Å². The van der Waals surface area contributed by atoms with Crippen LogP contribution < -0.4 is 5.32 Å². The number of nitrogens with one attached hydrogen (secondary N) is 1. The van der Waals surface area contributed by atoms with Crippen molar-refractivity contribution in [3.05, 3.63) is 34.9 Å². The summed E-state index contributed by atoms with van der Waals surface area (Å²) in [6.07, 6.45) is 5.55. The maximum Gasteiger partial charge on any atom is 0.311 e. The van der Waals surface area contributed by atoms with Crippen molar-refractivity contribution in [3.8, 4) is 0 Å². The van der Waals surface area contributed by atoms with Crippen LogP contribution in [0.4, 0.5) is 0 Å². The van der Waals surface area contributed by atoms with Crippen molar-refractivity contribution in [2.45, 2.75) is 45.1 Å². The Morgan fingerprint density at radius 1 is 1.08 bits per heavy atom. The lowest BCUT2D eigenvalue weighted by atomic mass is 9.89. The molecular weight excluding hydrogens is 314 g/mol. The van der Waals surface area contributed by atoms with Gasteiger partial charge >= 0.3 is 11.8 Å². The second-order valence-corrected chi connectivity index (χ2v) is 7.27. The van der Waals surface area contributed by atoms with E-state index in [0.717, 1.165) is 37.9 Å². The van der Waals surface area contributed by atoms with Gasteiger partial charge in [-0.2, -0.15) is 0 Å². The van der Waals surface area contributed by atoms with E-state index in [0.29, 0.717) is 13.1 Å². The van der Waals surface area contributed by atoms with Gasteiger partial charge in [-0.3, -0.25) is 9.59 Å². The highest BCUT2D eigenvalue weighted by molar-refractivity contribution is 6.35. The van der Waals surface area contributed by atoms with Gasteiger partial charge < -0.3 is 15.1 Å². The van der Waals surface area contributed by atoms with E-state index < -0.39 is 11.8 Å². The van der Waals surface area contributed by atoms with Crippen LogP contribution in [0.25, 0.3) is 0 Å². The van der Waals surface area contributed by atoms with Crippen LogP contribution in [0, 0.1) is 0 Å². The molecule has 0 spiro atoms. The van der Waals surface area contributed by atoms with E-state index in [1.54, 1.807) is 4.90 Å². The van der Waals surface area contributed by atoms with Gasteiger partial charge in [0.1, 0.15) is 0 Å². The number of amides is 2. The third-order valence-corrected chi connectivity index (χ3v) is 5.47. The Bertz CT molecular complexity index is 636. The molecule has 1 aromatic rings. The molecular formula is C20H29N3O2. The van der Waals surface area contributed by atoms with E-state index in [1.165, 1.54) is 24.0 Å². The van der Waals surface area contributed by atoms with Crippen LogP contribution in [0.3, 0.4) is 0 Å². The first kappa shape index (κ1) is 17.9. The number of likely N-dealkylation sites (N-methyl/N-ethyl adjacent to an activating group) is 1. The molecule has 0 radical (unpaired) electrons. The summed E-state index contributed by atoms with van der Waals surface area (Å²) in [4.78, 5) is 28.7. The number of benzene rings is 1. The summed E-state index contributed by atoms with van der Waals surface area (Å²) in [6.45, 7) is 4.93. The molecule has 2 aliphatic rings. The minimum absolute atomic E-state index is 0.101. The summed E-state index contributed by atoms with van der Waals surface area (Å²) in [5.74, 6) is -0.876. The van der Waals surface area contributed by atoms with E-state index in [4.69, 9.17) is 0 Å². The van der Waals surface area contributed by atoms with Crippen molar-refractivity contribution < 1.29 is 9.59 Å². The number of aryl methyl sites for hydroxylation is 2. The Morgan fingerprint density at radius 3 is 2.44 bits per heavy atom. The summed E-state index contributed by atoms with van der Waals surface area (Å²) in [7, 11) is 2.03. The van der Waals surface area contributed by atoms with Crippen LogP contribution >= 0.6 is 0 Å². The van der Waals surface area contributed by atoms with Crippen LogP contribution in [-0.2, 0) is 22.4 Å². The van der Waals surface area contributed by atoms with Crippen LogP contribution in [-0.4, -0.2) is 54.8 Å². The number of carbonyl (C=O) groups excluding carboxylic acids is 2. The second kappa shape index (κ2) is 8.00. The monoisotopic (exact) mass is 343 g/mol. The quantitative estimate of drug-likeness (QED) is 0.853. The summed E-state index contributed by atoms with van der Waals surface area (Å²) in [5.41, 5.74) is 3.95. The third kappa shape index (κ3) is 4.21. The van der Waals surface area contributed by atoms with Crippen molar-refractivity contribution in [1.29, 1.82) is 0 Å². The number of nitrogens with zero attached hydrogens (tertiary/aromatic N) is 2. The maximum absolute atomic E-state index is 12.4. The van der Waals surface area contributed by atoms with Crippen LogP contribution in [0.5, 0.6) is 0 Å². The smallest absolute Gasteiger partial charge is 0.311 e. The van der Waals surface area contributed by atoms with Crippen molar-refractivity contribution in [2.75, 3.05) is 33.2 Å². The molecule has 1 aromatic carbocycles. The molecule has 5 heteroatoms. The van der Waals surface area contributed by atoms with Crippen LogP contribution in [0.2, 0.25) is 0 Å². The zero-order valence-corrected chi connectivity index (χ0v) is 15.4. The Labute approximate surface area is 150 Å². The fourth-order valence-electron chi connectivity index (χ4n) is 3.76. The molecule has 1 fully saturated rings. The standard InChI is InChI=1S/C20H29N3O2/c1-3-18(17-9-8-15-6-4-5-7-16(15)14-17)21-19(24)20(25)23-12-10-22(2)11-13-23/h8-9,14,18H,3-7,10-13H2,1-2H3,(H,21,24). The molecule has 0 bridgehead atoms. The number of hydrogen-bond donors (Lipinski definition) is 1. The van der Waals surface area contributed by atoms with Gasteiger partial charge in [0, 0.05) is 26.2 Å². The van der Waals surface area contributed by atoms with E-state index >= 15 is 0 Å². The molecule has 1 heterocycles. The fourth-order valence-corrected chi connectivity index (χ4v) is 3.76. The molecule has 136 valence electrons. The molecule has 1 N–H and O–H groups in total. The lowest BCUT2D eigenvalue weighted by Crippen LogP contribution is -2.52. The average molecular weight is 343 g/mol. The Hall–Kier alpha value is -1.88. The zero-order valence-electron chi connectivity index (χ0n) is 15.4. The zero-order chi connectivity index (χ0) is 17.8. The minimum atomic E-state index is -0.478. The summed E-state index contributed by atoms with van der Waals surface area (Å²) in [6, 6.07) is 6.43. The molecule has 0 saturated carbocycles. The molecule has 1 aliphatic heterocycles. The van der Waals surface area contributed by atoms with E-state index in [9.17, 15) is 9.59 Å². The number of hydrogen-bond acceptors (Lipinski definition) is 3. The predicted octanol–water partition coefficient (Wildman–Crippen LogP) is 1.91. The number of rotatable bonds is 3. The summed E-state index contributed by atoms with van der Waals surface area (Å²) in [5, 5.41) is 2.95. The molecule has 1 atom stereocenters. The lowest BCUT2D eigenvalue weighted by molar-refractivity contribution is -0.147. The number of piperazine rings is 1. The van der Waals surface area contributed by atoms with Crippen molar-refractivity contribution in [1.82, 2.24) is 15.1 Å². The molecule has 3 rings (SSSR count). The molecule has 1 saturated heterocycles. The topological polar surface area (TPSA) is 52.7 Å². The normalized spacial score (nSPS) is 19.2. The number of fused-ring (bicyclic) bond motifs is 1. The lowest BCUT2D eigenvalue weighted by Gasteiger charge is -2.32. The van der Waals surface area contributed by atoms with Gasteiger partial charge in [-0.15, -0.1) is 0 Å². The van der Waals surface area contributed by atoms with Crippen LogP contribution in [0.15, 0.2) is 18.2 Å². The predicted molar refractivity (Wildman–Crippen MR) is 98.3 cm³/mol. The molecule has 25 heavy (non-hydrogen) atoms. The molecule has 5 nitrogen and oxygen atoms in total. The largest absolute Gasteiger partial charge is 0.341 e. The summed E-state index contributed by atoms with van der Waals surface area (Å²) >= 11 is 0. The summed E-state index contributed by atoms with van der Waals surface area (Å²) < 4.78 is 0. The van der Waals surface area contributed by atoms with Gasteiger partial charge in [-0.05, 0) is 55.8 Å². The van der Waals surface area contributed by atoms with Crippen molar-refractivity contribution in [3.63, 3.8) is 0 Å². The third-order valence-electron chi connectivity index (χ3n) is 5.47. The fraction of sp³-hybridized carbons (Fsp3) is 0.600. The SMILES string of the molecule is CCC(NC(=O)C(=O)N1CCN(C)CC1)c1ccc2c(c1)CCCC2. The van der Waals surface area contributed by atoms with Gasteiger partial charge in [-0.25, -0.2) is 0 Å². The Balaban J connectivity index is 1.65. The highest BCUT2D eigenvalue weighted by Crippen LogP contribution is 2.26. The number of carbonyl (C=O) groups is 2.